The highest BCUT2D eigenvalue weighted by Gasteiger charge is 2.41. The second-order valence-corrected chi connectivity index (χ2v) is 9.16. The molecule has 5 nitrogen and oxygen atoms in total. The number of anilines is 1. The Bertz CT molecular complexity index is 931. The Kier molecular flexibility index (Phi) is 5.19. The normalized spacial score (nSPS) is 22.9. The predicted molar refractivity (Wildman–Crippen MR) is 120 cm³/mol. The van der Waals surface area contributed by atoms with Crippen LogP contribution < -0.4 is 4.90 Å². The van der Waals surface area contributed by atoms with Crippen LogP contribution in [0.2, 0.25) is 5.02 Å². The van der Waals surface area contributed by atoms with Gasteiger partial charge >= 0.3 is 0 Å². The highest BCUT2D eigenvalue weighted by molar-refractivity contribution is 6.30. The molecule has 0 unspecified atom stereocenters. The van der Waals surface area contributed by atoms with E-state index in [-0.39, 0.29) is 11.5 Å². The molecule has 0 bridgehead atoms. The molecule has 1 saturated heterocycles. The maximum atomic E-state index is 6.16. The number of halogens is 1. The van der Waals surface area contributed by atoms with E-state index in [4.69, 9.17) is 16.3 Å². The molecular weight excluding hydrogens is 396 g/mol. The van der Waals surface area contributed by atoms with Crippen LogP contribution in [0.5, 0.6) is 0 Å². The van der Waals surface area contributed by atoms with Gasteiger partial charge in [0.2, 0.25) is 0 Å². The second kappa shape index (κ2) is 7.86. The van der Waals surface area contributed by atoms with Crippen molar-refractivity contribution in [3.05, 3.63) is 64.7 Å². The van der Waals surface area contributed by atoms with E-state index in [9.17, 15) is 0 Å². The molecule has 3 aliphatic rings. The van der Waals surface area contributed by atoms with E-state index in [1.165, 1.54) is 42.5 Å². The third kappa shape index (κ3) is 3.28. The summed E-state index contributed by atoms with van der Waals surface area (Å²) in [5.74, 6) is 1.04. The topological polar surface area (TPSA) is 41.5 Å². The van der Waals surface area contributed by atoms with Gasteiger partial charge in [0.1, 0.15) is 12.1 Å². The van der Waals surface area contributed by atoms with Crippen molar-refractivity contribution in [3.8, 4) is 0 Å². The summed E-state index contributed by atoms with van der Waals surface area (Å²) in [6.07, 6.45) is 6.59. The van der Waals surface area contributed by atoms with Crippen molar-refractivity contribution < 1.29 is 4.74 Å². The van der Waals surface area contributed by atoms with E-state index in [0.29, 0.717) is 6.61 Å². The number of ether oxygens (including phenoxy) is 1. The van der Waals surface area contributed by atoms with Gasteiger partial charge in [-0.15, -0.1) is 0 Å². The number of aromatic nitrogens is 2. The first kappa shape index (κ1) is 19.8. The Hall–Kier alpha value is -2.11. The van der Waals surface area contributed by atoms with Crippen molar-refractivity contribution >= 4 is 17.4 Å². The van der Waals surface area contributed by atoms with Crippen molar-refractivity contribution in [2.45, 2.75) is 50.7 Å². The molecule has 0 amide bonds. The fourth-order valence-electron chi connectivity index (χ4n) is 5.47. The van der Waals surface area contributed by atoms with E-state index in [1.807, 2.05) is 12.1 Å². The first-order chi connectivity index (χ1) is 14.6. The molecule has 0 N–H and O–H groups in total. The highest BCUT2D eigenvalue weighted by Crippen LogP contribution is 2.47. The Labute approximate surface area is 183 Å². The van der Waals surface area contributed by atoms with Gasteiger partial charge in [0.25, 0.3) is 0 Å². The standard InChI is InChI=1S/C24H29ClN4O/c1-17-22-21(15-30-17)26-16-27-23(22)29-13-11-28(12-14-29)18(2)24(9-3-4-10-24)19-5-7-20(25)8-6-19/h5-8,16-17H,2-4,9-15H2,1H3/t17-/m0/s1. The number of rotatable bonds is 4. The van der Waals surface area contributed by atoms with Crippen molar-refractivity contribution in [3.63, 3.8) is 0 Å². The van der Waals surface area contributed by atoms with Gasteiger partial charge in [-0.3, -0.25) is 0 Å². The minimum atomic E-state index is 0.0469. The average Bonchev–Trinajstić information content (AvgIpc) is 3.42. The molecule has 0 radical (unpaired) electrons. The Balaban J connectivity index is 1.34. The minimum Gasteiger partial charge on any atom is -0.371 e. The SMILES string of the molecule is C=C(N1CCN(c2ncnc3c2[C@H](C)OC3)CC1)C1(c2ccc(Cl)cc2)CCCC1. The quantitative estimate of drug-likeness (QED) is 0.700. The van der Waals surface area contributed by atoms with E-state index >= 15 is 0 Å². The molecule has 5 rings (SSSR count). The average molecular weight is 425 g/mol. The van der Waals surface area contributed by atoms with Crippen LogP contribution >= 0.6 is 11.6 Å². The van der Waals surface area contributed by atoms with Gasteiger partial charge in [-0.1, -0.05) is 43.2 Å². The second-order valence-electron chi connectivity index (χ2n) is 8.73. The lowest BCUT2D eigenvalue weighted by Gasteiger charge is -2.44. The number of hydrogen-bond donors (Lipinski definition) is 0. The molecule has 0 spiro atoms. The molecule has 1 aromatic heterocycles. The van der Waals surface area contributed by atoms with Crippen molar-refractivity contribution in [2.24, 2.45) is 0 Å². The van der Waals surface area contributed by atoms with Gasteiger partial charge in [-0.05, 0) is 37.5 Å². The first-order valence-corrected chi connectivity index (χ1v) is 11.4. The van der Waals surface area contributed by atoms with Gasteiger partial charge < -0.3 is 14.5 Å². The smallest absolute Gasteiger partial charge is 0.138 e. The molecule has 6 heteroatoms. The van der Waals surface area contributed by atoms with Crippen LogP contribution in [-0.4, -0.2) is 41.0 Å². The van der Waals surface area contributed by atoms with E-state index < -0.39 is 0 Å². The summed E-state index contributed by atoms with van der Waals surface area (Å²) in [5.41, 5.74) is 4.87. The Morgan fingerprint density at radius 1 is 1.10 bits per heavy atom. The third-order valence-corrected chi connectivity index (χ3v) is 7.44. The Morgan fingerprint density at radius 3 is 2.50 bits per heavy atom. The largest absolute Gasteiger partial charge is 0.371 e. The fourth-order valence-corrected chi connectivity index (χ4v) is 5.60. The number of benzene rings is 1. The summed E-state index contributed by atoms with van der Waals surface area (Å²) < 4.78 is 5.79. The molecule has 3 heterocycles. The summed E-state index contributed by atoms with van der Waals surface area (Å²) >= 11 is 6.16. The predicted octanol–water partition coefficient (Wildman–Crippen LogP) is 4.87. The van der Waals surface area contributed by atoms with Crippen LogP contribution in [0.3, 0.4) is 0 Å². The Morgan fingerprint density at radius 2 is 1.80 bits per heavy atom. The molecule has 1 atom stereocenters. The summed E-state index contributed by atoms with van der Waals surface area (Å²) in [5, 5.41) is 0.793. The van der Waals surface area contributed by atoms with Crippen LogP contribution in [0.25, 0.3) is 0 Å². The van der Waals surface area contributed by atoms with E-state index in [2.05, 4.69) is 45.4 Å². The molecule has 1 aromatic carbocycles. The zero-order chi connectivity index (χ0) is 20.7. The van der Waals surface area contributed by atoms with Crippen LogP contribution in [0.15, 0.2) is 42.9 Å². The molecule has 2 fully saturated rings. The number of fused-ring (bicyclic) bond motifs is 1. The number of piperazine rings is 1. The third-order valence-electron chi connectivity index (χ3n) is 7.19. The number of nitrogens with zero attached hydrogens (tertiary/aromatic N) is 4. The van der Waals surface area contributed by atoms with E-state index in [0.717, 1.165) is 42.7 Å². The summed E-state index contributed by atoms with van der Waals surface area (Å²) in [6, 6.07) is 8.42. The van der Waals surface area contributed by atoms with Crippen LogP contribution in [0, 0.1) is 0 Å². The highest BCUT2D eigenvalue weighted by atomic mass is 35.5. The van der Waals surface area contributed by atoms with Crippen molar-refractivity contribution in [2.75, 3.05) is 31.1 Å². The summed E-state index contributed by atoms with van der Waals surface area (Å²) in [7, 11) is 0. The van der Waals surface area contributed by atoms with Crippen LogP contribution in [-0.2, 0) is 16.8 Å². The monoisotopic (exact) mass is 424 g/mol. The molecule has 30 heavy (non-hydrogen) atoms. The van der Waals surface area contributed by atoms with E-state index in [1.54, 1.807) is 6.33 Å². The van der Waals surface area contributed by atoms with Crippen molar-refractivity contribution in [1.29, 1.82) is 0 Å². The summed E-state index contributed by atoms with van der Waals surface area (Å²) in [6.45, 7) is 11.1. The number of allylic oxidation sites excluding steroid dienone is 1. The summed E-state index contributed by atoms with van der Waals surface area (Å²) in [4.78, 5) is 13.9. The zero-order valence-electron chi connectivity index (χ0n) is 17.6. The van der Waals surface area contributed by atoms with Gasteiger partial charge in [0.15, 0.2) is 0 Å². The van der Waals surface area contributed by atoms with Gasteiger partial charge in [0, 0.05) is 47.9 Å². The first-order valence-electron chi connectivity index (χ1n) is 11.0. The van der Waals surface area contributed by atoms with Crippen molar-refractivity contribution in [1.82, 2.24) is 14.9 Å². The van der Waals surface area contributed by atoms with Gasteiger partial charge in [0.05, 0.1) is 18.4 Å². The van der Waals surface area contributed by atoms with Gasteiger partial charge in [-0.2, -0.15) is 0 Å². The molecule has 1 saturated carbocycles. The minimum absolute atomic E-state index is 0.0469. The lowest BCUT2D eigenvalue weighted by atomic mass is 9.75. The van der Waals surface area contributed by atoms with Crippen LogP contribution in [0.4, 0.5) is 5.82 Å². The maximum Gasteiger partial charge on any atom is 0.138 e. The molecule has 2 aliphatic heterocycles. The fraction of sp³-hybridized carbons (Fsp3) is 0.500. The molecular formula is C24H29ClN4O. The molecule has 158 valence electrons. The maximum absolute atomic E-state index is 6.16. The van der Waals surface area contributed by atoms with Crippen LogP contribution in [0.1, 0.15) is 55.5 Å². The molecule has 1 aliphatic carbocycles. The lowest BCUT2D eigenvalue weighted by molar-refractivity contribution is 0.0787. The van der Waals surface area contributed by atoms with Gasteiger partial charge in [-0.25, -0.2) is 9.97 Å². The lowest BCUT2D eigenvalue weighted by Crippen LogP contribution is -2.49. The number of hydrogen-bond acceptors (Lipinski definition) is 5. The molecule has 2 aromatic rings. The zero-order valence-corrected chi connectivity index (χ0v) is 18.4.